The van der Waals surface area contributed by atoms with Crippen LogP contribution in [-0.2, 0) is 9.53 Å². The quantitative estimate of drug-likeness (QED) is 0.812. The molecular formula is C17H26N2O3. The van der Waals surface area contributed by atoms with E-state index in [2.05, 4.69) is 5.32 Å². The van der Waals surface area contributed by atoms with Crippen LogP contribution < -0.4 is 15.8 Å². The summed E-state index contributed by atoms with van der Waals surface area (Å²) in [6.45, 7) is 3.23. The van der Waals surface area contributed by atoms with Gasteiger partial charge in [0.25, 0.3) is 0 Å². The van der Waals surface area contributed by atoms with Crippen molar-refractivity contribution in [3.05, 3.63) is 24.3 Å². The fourth-order valence-corrected chi connectivity index (χ4v) is 2.39. The van der Waals surface area contributed by atoms with Gasteiger partial charge < -0.3 is 20.5 Å². The van der Waals surface area contributed by atoms with Crippen molar-refractivity contribution in [3.63, 3.8) is 0 Å². The summed E-state index contributed by atoms with van der Waals surface area (Å²) in [4.78, 5) is 11.9. The molecule has 0 saturated carbocycles. The normalized spacial score (nSPS) is 19.5. The summed E-state index contributed by atoms with van der Waals surface area (Å²) in [7, 11) is 0. The molecule has 1 saturated heterocycles. The van der Waals surface area contributed by atoms with Crippen molar-refractivity contribution in [2.24, 2.45) is 5.73 Å². The van der Waals surface area contributed by atoms with Crippen LogP contribution in [0.5, 0.6) is 5.75 Å². The maximum Gasteiger partial charge on any atom is 0.224 e. The summed E-state index contributed by atoms with van der Waals surface area (Å²) in [5, 5.41) is 2.89. The number of anilines is 1. The largest absolute Gasteiger partial charge is 0.489 e. The van der Waals surface area contributed by atoms with Crippen LogP contribution in [0, 0.1) is 0 Å². The molecule has 0 spiro atoms. The number of hydrogen-bond acceptors (Lipinski definition) is 4. The molecule has 1 fully saturated rings. The molecule has 5 heteroatoms. The topological polar surface area (TPSA) is 73.6 Å². The highest BCUT2D eigenvalue weighted by atomic mass is 16.5. The first-order valence-electron chi connectivity index (χ1n) is 8.04. The van der Waals surface area contributed by atoms with E-state index in [9.17, 15) is 4.79 Å². The smallest absolute Gasteiger partial charge is 0.224 e. The number of nitrogens with one attached hydrogen (secondary N) is 1. The number of rotatable bonds is 7. The number of carbonyl (C=O) groups is 1. The van der Waals surface area contributed by atoms with E-state index < -0.39 is 0 Å². The Kier molecular flexibility index (Phi) is 6.68. The lowest BCUT2D eigenvalue weighted by Gasteiger charge is -2.23. The Balaban J connectivity index is 1.87. The highest BCUT2D eigenvalue weighted by Gasteiger charge is 2.15. The predicted octanol–water partition coefficient (Wildman–Crippen LogP) is 2.70. The molecule has 0 radical (unpaired) electrons. The third-order valence-corrected chi connectivity index (χ3v) is 3.69. The zero-order valence-electron chi connectivity index (χ0n) is 13.2. The van der Waals surface area contributed by atoms with Gasteiger partial charge in [0, 0.05) is 19.1 Å². The van der Waals surface area contributed by atoms with E-state index in [4.69, 9.17) is 15.2 Å². The average molecular weight is 306 g/mol. The van der Waals surface area contributed by atoms with Crippen LogP contribution >= 0.6 is 0 Å². The molecule has 0 aromatic heterocycles. The molecule has 3 N–H and O–H groups in total. The molecule has 1 aliphatic heterocycles. The standard InChI is InChI=1S/C17H26N2O3/c1-13(18)9-10-17(20)19-15-7-2-3-8-16(15)22-12-14-6-4-5-11-21-14/h2-3,7-8,13-14H,4-6,9-12,18H2,1H3,(H,19,20). The molecule has 122 valence electrons. The van der Waals surface area contributed by atoms with Crippen LogP contribution in [0.2, 0.25) is 0 Å². The van der Waals surface area contributed by atoms with E-state index in [-0.39, 0.29) is 18.1 Å². The van der Waals surface area contributed by atoms with Gasteiger partial charge in [-0.15, -0.1) is 0 Å². The summed E-state index contributed by atoms with van der Waals surface area (Å²) in [5.74, 6) is 0.646. The minimum atomic E-state index is -0.0396. The van der Waals surface area contributed by atoms with E-state index in [1.165, 1.54) is 6.42 Å². The van der Waals surface area contributed by atoms with Crippen molar-refractivity contribution in [2.45, 2.75) is 51.2 Å². The molecule has 1 heterocycles. The zero-order chi connectivity index (χ0) is 15.8. The number of ether oxygens (including phenoxy) is 2. The lowest BCUT2D eigenvalue weighted by molar-refractivity contribution is -0.116. The summed E-state index contributed by atoms with van der Waals surface area (Å²) in [6.07, 6.45) is 4.58. The van der Waals surface area contributed by atoms with Crippen LogP contribution in [0.25, 0.3) is 0 Å². The van der Waals surface area contributed by atoms with Crippen LogP contribution in [0.15, 0.2) is 24.3 Å². The molecule has 1 amide bonds. The van der Waals surface area contributed by atoms with E-state index in [1.807, 2.05) is 31.2 Å². The second-order valence-electron chi connectivity index (χ2n) is 5.86. The Labute approximate surface area is 132 Å². The number of nitrogens with two attached hydrogens (primary N) is 1. The molecule has 1 aromatic rings. The van der Waals surface area contributed by atoms with Crippen molar-refractivity contribution in [1.82, 2.24) is 0 Å². The van der Waals surface area contributed by atoms with Crippen LogP contribution in [0.1, 0.15) is 39.0 Å². The van der Waals surface area contributed by atoms with E-state index in [0.29, 0.717) is 30.9 Å². The fraction of sp³-hybridized carbons (Fsp3) is 0.588. The van der Waals surface area contributed by atoms with Gasteiger partial charge in [-0.2, -0.15) is 0 Å². The number of carbonyl (C=O) groups excluding carboxylic acids is 1. The Morgan fingerprint density at radius 3 is 3.00 bits per heavy atom. The molecule has 1 aromatic carbocycles. The van der Waals surface area contributed by atoms with Crippen LogP contribution in [0.3, 0.4) is 0 Å². The Hall–Kier alpha value is -1.59. The van der Waals surface area contributed by atoms with Gasteiger partial charge in [0.2, 0.25) is 5.91 Å². The van der Waals surface area contributed by atoms with Gasteiger partial charge in [-0.25, -0.2) is 0 Å². The van der Waals surface area contributed by atoms with E-state index in [1.54, 1.807) is 0 Å². The number of para-hydroxylation sites is 2. The summed E-state index contributed by atoms with van der Waals surface area (Å²) in [6, 6.07) is 7.52. The highest BCUT2D eigenvalue weighted by Crippen LogP contribution is 2.25. The number of hydrogen-bond donors (Lipinski definition) is 2. The maximum atomic E-state index is 11.9. The zero-order valence-corrected chi connectivity index (χ0v) is 13.2. The fourth-order valence-electron chi connectivity index (χ4n) is 2.39. The van der Waals surface area contributed by atoms with Gasteiger partial charge >= 0.3 is 0 Å². The lowest BCUT2D eigenvalue weighted by atomic mass is 10.1. The molecule has 0 bridgehead atoms. The predicted molar refractivity (Wildman–Crippen MR) is 87.0 cm³/mol. The second-order valence-corrected chi connectivity index (χ2v) is 5.86. The van der Waals surface area contributed by atoms with Crippen LogP contribution in [0.4, 0.5) is 5.69 Å². The van der Waals surface area contributed by atoms with Crippen molar-refractivity contribution in [2.75, 3.05) is 18.5 Å². The van der Waals surface area contributed by atoms with Crippen molar-refractivity contribution >= 4 is 11.6 Å². The first-order chi connectivity index (χ1) is 10.6. The van der Waals surface area contributed by atoms with Gasteiger partial charge in [-0.1, -0.05) is 12.1 Å². The lowest BCUT2D eigenvalue weighted by Crippen LogP contribution is -2.26. The Bertz CT molecular complexity index is 471. The summed E-state index contributed by atoms with van der Waals surface area (Å²) < 4.78 is 11.5. The molecule has 2 unspecified atom stereocenters. The molecule has 22 heavy (non-hydrogen) atoms. The summed E-state index contributed by atoms with van der Waals surface area (Å²) in [5.41, 5.74) is 6.38. The third kappa shape index (κ3) is 5.66. The maximum absolute atomic E-state index is 11.9. The molecule has 1 aliphatic rings. The molecule has 2 atom stereocenters. The highest BCUT2D eigenvalue weighted by molar-refractivity contribution is 5.92. The van der Waals surface area contributed by atoms with Crippen molar-refractivity contribution in [3.8, 4) is 5.75 Å². The van der Waals surface area contributed by atoms with E-state index >= 15 is 0 Å². The number of benzene rings is 1. The first-order valence-corrected chi connectivity index (χ1v) is 8.04. The minimum absolute atomic E-state index is 0.0284. The minimum Gasteiger partial charge on any atom is -0.489 e. The van der Waals surface area contributed by atoms with Gasteiger partial charge in [0.05, 0.1) is 11.8 Å². The average Bonchev–Trinajstić information content (AvgIpc) is 2.53. The molecule has 5 nitrogen and oxygen atoms in total. The second kappa shape index (κ2) is 8.76. The van der Waals surface area contributed by atoms with Crippen molar-refractivity contribution < 1.29 is 14.3 Å². The van der Waals surface area contributed by atoms with Crippen molar-refractivity contribution in [1.29, 1.82) is 0 Å². The molecule has 0 aliphatic carbocycles. The van der Waals surface area contributed by atoms with Gasteiger partial charge in [0.1, 0.15) is 12.4 Å². The number of amides is 1. The van der Waals surface area contributed by atoms with Gasteiger partial charge in [-0.3, -0.25) is 4.79 Å². The van der Waals surface area contributed by atoms with Gasteiger partial charge in [0.15, 0.2) is 0 Å². The van der Waals surface area contributed by atoms with E-state index in [0.717, 1.165) is 19.4 Å². The third-order valence-electron chi connectivity index (χ3n) is 3.69. The van der Waals surface area contributed by atoms with Gasteiger partial charge in [-0.05, 0) is 44.7 Å². The first kappa shape index (κ1) is 16.8. The Morgan fingerprint density at radius 2 is 2.27 bits per heavy atom. The molecular weight excluding hydrogens is 280 g/mol. The molecule has 2 rings (SSSR count). The monoisotopic (exact) mass is 306 g/mol. The van der Waals surface area contributed by atoms with Crippen LogP contribution in [-0.4, -0.2) is 31.3 Å². The summed E-state index contributed by atoms with van der Waals surface area (Å²) >= 11 is 0. The Morgan fingerprint density at radius 1 is 1.45 bits per heavy atom. The SMILES string of the molecule is CC(N)CCC(=O)Nc1ccccc1OCC1CCCCO1.